The molecule has 11 heteroatoms. The lowest BCUT2D eigenvalue weighted by atomic mass is 10.2. The molecule has 162 valence electrons. The summed E-state index contributed by atoms with van der Waals surface area (Å²) in [4.78, 5) is 16.2. The molecule has 3 aromatic rings. The predicted molar refractivity (Wildman–Crippen MR) is 111 cm³/mol. The van der Waals surface area contributed by atoms with Gasteiger partial charge in [-0.2, -0.15) is 18.3 Å². The van der Waals surface area contributed by atoms with Crippen LogP contribution >= 0.6 is 11.3 Å². The molecule has 1 heterocycles. The van der Waals surface area contributed by atoms with Crippen LogP contribution in [0, 0.1) is 0 Å². The fourth-order valence-electron chi connectivity index (χ4n) is 2.50. The minimum Gasteiger partial charge on any atom is -0.504 e. The van der Waals surface area contributed by atoms with Crippen molar-refractivity contribution in [2.45, 2.75) is 12.6 Å². The van der Waals surface area contributed by atoms with Gasteiger partial charge in [0.15, 0.2) is 16.6 Å². The number of aromatic nitrogens is 1. The fourth-order valence-corrected chi connectivity index (χ4v) is 3.23. The van der Waals surface area contributed by atoms with Crippen molar-refractivity contribution in [3.63, 3.8) is 0 Å². The smallest absolute Gasteiger partial charge is 0.416 e. The molecule has 1 amide bonds. The van der Waals surface area contributed by atoms with E-state index in [0.717, 1.165) is 12.1 Å². The van der Waals surface area contributed by atoms with Gasteiger partial charge in [0.1, 0.15) is 0 Å². The molecule has 0 saturated heterocycles. The van der Waals surface area contributed by atoms with Gasteiger partial charge in [-0.15, -0.1) is 11.3 Å². The van der Waals surface area contributed by atoms with E-state index in [9.17, 15) is 23.1 Å². The number of alkyl halides is 3. The summed E-state index contributed by atoms with van der Waals surface area (Å²) < 4.78 is 43.4. The van der Waals surface area contributed by atoms with E-state index in [4.69, 9.17) is 4.74 Å². The monoisotopic (exact) mass is 450 g/mol. The Hall–Kier alpha value is -3.60. The molecule has 0 atom stereocenters. The second-order valence-corrected chi connectivity index (χ2v) is 7.11. The van der Waals surface area contributed by atoms with Crippen LogP contribution in [0.5, 0.6) is 11.5 Å². The Bertz CT molecular complexity index is 1100. The number of hydrazone groups is 1. The third-order valence-electron chi connectivity index (χ3n) is 3.94. The van der Waals surface area contributed by atoms with Crippen molar-refractivity contribution < 1.29 is 27.8 Å². The molecule has 0 spiro atoms. The zero-order chi connectivity index (χ0) is 22.4. The summed E-state index contributed by atoms with van der Waals surface area (Å²) in [5.41, 5.74) is 2.89. The van der Waals surface area contributed by atoms with Gasteiger partial charge in [0.05, 0.1) is 31.0 Å². The largest absolute Gasteiger partial charge is 0.504 e. The number of hydrogen-bond donors (Lipinski definition) is 3. The van der Waals surface area contributed by atoms with Crippen LogP contribution in [0.25, 0.3) is 0 Å². The number of halogens is 3. The van der Waals surface area contributed by atoms with Gasteiger partial charge in [-0.1, -0.05) is 6.07 Å². The number of thiazole rings is 1. The molecule has 3 N–H and O–H groups in total. The molecule has 0 aliphatic rings. The Labute approximate surface area is 179 Å². The molecule has 0 radical (unpaired) electrons. The van der Waals surface area contributed by atoms with E-state index in [1.54, 1.807) is 17.5 Å². The maximum Gasteiger partial charge on any atom is 0.416 e. The molecule has 0 aliphatic heterocycles. The molecule has 0 unspecified atom stereocenters. The average molecular weight is 450 g/mol. The Morgan fingerprint density at radius 2 is 2.10 bits per heavy atom. The van der Waals surface area contributed by atoms with Crippen molar-refractivity contribution >= 4 is 34.3 Å². The number of ether oxygens (including phenoxy) is 1. The molecule has 1 aromatic heterocycles. The number of amides is 1. The molecule has 0 fully saturated rings. The number of anilines is 2. The lowest BCUT2D eigenvalue weighted by Gasteiger charge is -2.08. The number of rotatable bonds is 7. The second kappa shape index (κ2) is 9.47. The van der Waals surface area contributed by atoms with Crippen LogP contribution in [0.4, 0.5) is 24.0 Å². The highest BCUT2D eigenvalue weighted by atomic mass is 32.1. The van der Waals surface area contributed by atoms with Crippen molar-refractivity contribution in [3.8, 4) is 11.5 Å². The van der Waals surface area contributed by atoms with Gasteiger partial charge in [0.25, 0.3) is 0 Å². The van der Waals surface area contributed by atoms with Crippen LogP contribution in [0.1, 0.15) is 16.8 Å². The molecule has 0 bridgehead atoms. The van der Waals surface area contributed by atoms with Gasteiger partial charge < -0.3 is 15.2 Å². The molecule has 0 saturated carbocycles. The van der Waals surface area contributed by atoms with Gasteiger partial charge in [-0.05, 0) is 42.0 Å². The summed E-state index contributed by atoms with van der Waals surface area (Å²) in [6, 6.07) is 9.36. The van der Waals surface area contributed by atoms with Crippen LogP contribution in [-0.4, -0.2) is 29.3 Å². The minimum absolute atomic E-state index is 0.0123. The van der Waals surface area contributed by atoms with Crippen LogP contribution in [-0.2, 0) is 17.4 Å². The van der Waals surface area contributed by atoms with Crippen molar-refractivity contribution in [1.82, 2.24) is 10.4 Å². The summed E-state index contributed by atoms with van der Waals surface area (Å²) in [6.07, 6.45) is -3.10. The standard InChI is InChI=1S/C20H17F3N4O3S/c1-30-17-7-12(5-6-16(17)28)10-24-27-18(29)9-15-11-31-19(26-15)25-14-4-2-3-13(8-14)20(21,22)23/h2-8,10-11,28H,9H2,1H3,(H,25,26)(H,27,29)/b24-10+. The molecule has 7 nitrogen and oxygen atoms in total. The number of phenols is 1. The number of carbonyl (C=O) groups excluding carboxylic acids is 1. The molecule has 31 heavy (non-hydrogen) atoms. The highest BCUT2D eigenvalue weighted by Gasteiger charge is 2.30. The highest BCUT2D eigenvalue weighted by molar-refractivity contribution is 7.13. The maximum absolute atomic E-state index is 12.8. The van der Waals surface area contributed by atoms with E-state index in [0.29, 0.717) is 16.4 Å². The number of aromatic hydroxyl groups is 1. The topological polar surface area (TPSA) is 95.8 Å². The van der Waals surface area contributed by atoms with E-state index in [1.807, 2.05) is 0 Å². The molecule has 2 aromatic carbocycles. The first kappa shape index (κ1) is 22.1. The number of benzene rings is 2. The lowest BCUT2D eigenvalue weighted by molar-refractivity contribution is -0.137. The fraction of sp³-hybridized carbons (Fsp3) is 0.150. The van der Waals surface area contributed by atoms with E-state index >= 15 is 0 Å². The van der Waals surface area contributed by atoms with Crippen LogP contribution in [0.3, 0.4) is 0 Å². The summed E-state index contributed by atoms with van der Waals surface area (Å²) in [7, 11) is 1.42. The zero-order valence-electron chi connectivity index (χ0n) is 16.1. The van der Waals surface area contributed by atoms with Gasteiger partial charge in [-0.3, -0.25) is 4.79 Å². The van der Waals surface area contributed by atoms with Crippen molar-refractivity contribution in [1.29, 1.82) is 0 Å². The molecular weight excluding hydrogens is 433 g/mol. The second-order valence-electron chi connectivity index (χ2n) is 6.25. The van der Waals surface area contributed by atoms with E-state index in [2.05, 4.69) is 20.8 Å². The van der Waals surface area contributed by atoms with Gasteiger partial charge in [-0.25, -0.2) is 10.4 Å². The number of nitrogens with one attached hydrogen (secondary N) is 2. The highest BCUT2D eigenvalue weighted by Crippen LogP contribution is 2.32. The summed E-state index contributed by atoms with van der Waals surface area (Å²) in [5, 5.41) is 18.2. The first-order valence-electron chi connectivity index (χ1n) is 8.82. The van der Waals surface area contributed by atoms with Crippen molar-refractivity contribution in [2.75, 3.05) is 12.4 Å². The Morgan fingerprint density at radius 1 is 1.29 bits per heavy atom. The third-order valence-corrected chi connectivity index (χ3v) is 4.75. The van der Waals surface area contributed by atoms with E-state index < -0.39 is 17.6 Å². The van der Waals surface area contributed by atoms with Crippen LogP contribution in [0.15, 0.2) is 52.9 Å². The SMILES string of the molecule is COc1cc(/C=N/NC(=O)Cc2csc(Nc3cccc(C(F)(F)F)c3)n2)ccc1O. The van der Waals surface area contributed by atoms with Gasteiger partial charge in [0.2, 0.25) is 5.91 Å². The first-order chi connectivity index (χ1) is 14.7. The maximum atomic E-state index is 12.8. The zero-order valence-corrected chi connectivity index (χ0v) is 16.9. The minimum atomic E-state index is -4.43. The average Bonchev–Trinajstić information content (AvgIpc) is 3.15. The number of methoxy groups -OCH3 is 1. The number of phenolic OH excluding ortho intramolecular Hbond substituents is 1. The summed E-state index contributed by atoms with van der Waals surface area (Å²) in [5.74, 6) is -0.154. The van der Waals surface area contributed by atoms with Crippen LogP contribution < -0.4 is 15.5 Å². The Balaban J connectivity index is 1.55. The Morgan fingerprint density at radius 3 is 2.84 bits per heavy atom. The normalized spacial score (nSPS) is 11.5. The van der Waals surface area contributed by atoms with Crippen molar-refractivity contribution in [2.24, 2.45) is 5.10 Å². The van der Waals surface area contributed by atoms with E-state index in [-0.39, 0.29) is 23.6 Å². The molecular formula is C20H17F3N4O3S. The molecule has 0 aliphatic carbocycles. The Kier molecular flexibility index (Phi) is 6.75. The summed E-state index contributed by atoms with van der Waals surface area (Å²) >= 11 is 1.17. The first-order valence-corrected chi connectivity index (χ1v) is 9.70. The quantitative estimate of drug-likeness (QED) is 0.368. The van der Waals surface area contributed by atoms with Gasteiger partial charge in [0, 0.05) is 11.1 Å². The van der Waals surface area contributed by atoms with Crippen LogP contribution in [0.2, 0.25) is 0 Å². The lowest BCUT2D eigenvalue weighted by Crippen LogP contribution is -2.19. The molecule has 3 rings (SSSR count). The summed E-state index contributed by atoms with van der Waals surface area (Å²) in [6.45, 7) is 0. The number of hydrogen-bond acceptors (Lipinski definition) is 7. The number of carbonyl (C=O) groups is 1. The van der Waals surface area contributed by atoms with Gasteiger partial charge >= 0.3 is 6.18 Å². The number of nitrogens with zero attached hydrogens (tertiary/aromatic N) is 2. The predicted octanol–water partition coefficient (Wildman–Crippen LogP) is 4.31. The van der Waals surface area contributed by atoms with Crippen molar-refractivity contribution in [3.05, 3.63) is 64.7 Å². The van der Waals surface area contributed by atoms with E-state index in [1.165, 1.54) is 42.9 Å². The third kappa shape index (κ3) is 6.19.